The van der Waals surface area contributed by atoms with Gasteiger partial charge in [0.05, 0.1) is 5.54 Å². The number of benzene rings is 1. The summed E-state index contributed by atoms with van der Waals surface area (Å²) < 4.78 is 56.0. The van der Waals surface area contributed by atoms with Crippen LogP contribution in [0.25, 0.3) is 5.78 Å². The summed E-state index contributed by atoms with van der Waals surface area (Å²) in [7, 11) is 0. The first-order chi connectivity index (χ1) is 12.0. The molecule has 0 bridgehead atoms. The number of alkyl halides is 3. The van der Waals surface area contributed by atoms with Crippen molar-refractivity contribution < 1.29 is 22.3 Å². The highest BCUT2D eigenvalue weighted by Crippen LogP contribution is 2.31. The van der Waals surface area contributed by atoms with Crippen molar-refractivity contribution in [2.75, 3.05) is 5.32 Å². The Bertz CT molecular complexity index is 951. The van der Waals surface area contributed by atoms with Gasteiger partial charge in [-0.2, -0.15) is 14.6 Å². The molecule has 0 atom stereocenters. The summed E-state index contributed by atoms with van der Waals surface area (Å²) in [5, 5.41) is 7.26. The van der Waals surface area contributed by atoms with Gasteiger partial charge in [0.15, 0.2) is 11.6 Å². The summed E-state index contributed by atoms with van der Waals surface area (Å²) in [6.45, 7) is 5.30. The van der Waals surface area contributed by atoms with E-state index in [9.17, 15) is 17.6 Å². The number of fused-ring (bicyclic) bond motifs is 1. The molecule has 26 heavy (non-hydrogen) atoms. The van der Waals surface area contributed by atoms with E-state index in [4.69, 9.17) is 0 Å². The molecule has 0 amide bonds. The summed E-state index contributed by atoms with van der Waals surface area (Å²) in [5.74, 6) is -1.03. The average Bonchev–Trinajstić information content (AvgIpc) is 2.96. The van der Waals surface area contributed by atoms with E-state index in [1.807, 2.05) is 0 Å². The molecule has 3 rings (SSSR count). The minimum atomic E-state index is -4.95. The van der Waals surface area contributed by atoms with Crippen molar-refractivity contribution in [2.24, 2.45) is 0 Å². The third-order valence-electron chi connectivity index (χ3n) is 3.70. The number of anilines is 1. The van der Waals surface area contributed by atoms with E-state index in [0.717, 1.165) is 12.1 Å². The van der Waals surface area contributed by atoms with Gasteiger partial charge in [-0.25, -0.2) is 9.37 Å². The summed E-state index contributed by atoms with van der Waals surface area (Å²) in [4.78, 5) is 8.25. The molecule has 10 heteroatoms. The lowest BCUT2D eigenvalue weighted by atomic mass is 9.94. The quantitative estimate of drug-likeness (QED) is 0.709. The Labute approximate surface area is 145 Å². The van der Waals surface area contributed by atoms with Gasteiger partial charge in [0.1, 0.15) is 12.1 Å². The molecule has 3 aromatic rings. The number of hydrogen-bond acceptors (Lipinski definition) is 5. The lowest BCUT2D eigenvalue weighted by molar-refractivity contribution is -0.275. The zero-order valence-corrected chi connectivity index (χ0v) is 14.1. The molecule has 138 valence electrons. The van der Waals surface area contributed by atoms with Crippen LogP contribution in [0.4, 0.5) is 23.4 Å². The van der Waals surface area contributed by atoms with Crippen LogP contribution in [-0.4, -0.2) is 25.9 Å². The number of nitrogens with one attached hydrogen (secondary N) is 1. The molecule has 0 aliphatic heterocycles. The van der Waals surface area contributed by atoms with E-state index in [1.54, 1.807) is 26.8 Å². The predicted octanol–water partition coefficient (Wildman–Crippen LogP) is 3.82. The number of nitrogens with zero attached hydrogens (tertiary/aromatic N) is 4. The third kappa shape index (κ3) is 3.68. The van der Waals surface area contributed by atoms with E-state index >= 15 is 0 Å². The Balaban J connectivity index is 1.92. The van der Waals surface area contributed by atoms with E-state index in [1.165, 1.54) is 16.9 Å². The predicted molar refractivity (Wildman–Crippen MR) is 85.3 cm³/mol. The fourth-order valence-corrected chi connectivity index (χ4v) is 2.51. The highest BCUT2D eigenvalue weighted by atomic mass is 19.4. The Kier molecular flexibility index (Phi) is 4.21. The van der Waals surface area contributed by atoms with E-state index in [0.29, 0.717) is 22.9 Å². The number of halogens is 4. The highest BCUT2D eigenvalue weighted by Gasteiger charge is 2.33. The molecular weight excluding hydrogens is 354 g/mol. The summed E-state index contributed by atoms with van der Waals surface area (Å²) >= 11 is 0. The first-order valence-electron chi connectivity index (χ1n) is 7.56. The molecule has 1 aromatic carbocycles. The monoisotopic (exact) mass is 369 g/mol. The number of aromatic nitrogens is 4. The Morgan fingerprint density at radius 2 is 1.88 bits per heavy atom. The maximum atomic E-state index is 14.0. The first kappa shape index (κ1) is 17.9. The molecule has 1 N–H and O–H groups in total. The number of aryl methyl sites for hydroxylation is 1. The average molecular weight is 369 g/mol. The molecular formula is C16H15F4N5O. The fraction of sp³-hybridized carbons (Fsp3) is 0.312. The van der Waals surface area contributed by atoms with Gasteiger partial charge in [-0.3, -0.25) is 0 Å². The van der Waals surface area contributed by atoms with Crippen molar-refractivity contribution in [1.82, 2.24) is 19.6 Å². The Morgan fingerprint density at radius 1 is 1.15 bits per heavy atom. The normalized spacial score (nSPS) is 12.4. The molecule has 0 radical (unpaired) electrons. The van der Waals surface area contributed by atoms with Crippen molar-refractivity contribution >= 4 is 11.6 Å². The summed E-state index contributed by atoms with van der Waals surface area (Å²) in [5.41, 5.74) is 0.292. The molecule has 0 spiro atoms. The van der Waals surface area contributed by atoms with Crippen molar-refractivity contribution in [1.29, 1.82) is 0 Å². The standard InChI is InChI=1S/C16H15F4N5O/c1-9-6-13(25-14(23-9)21-8-22-25)24-15(2,3)10-4-5-12(11(17)7-10)26-16(18,19)20/h4-8,24H,1-3H3. The van der Waals surface area contributed by atoms with E-state index in [2.05, 4.69) is 25.1 Å². The van der Waals surface area contributed by atoms with Crippen LogP contribution in [0.3, 0.4) is 0 Å². The molecule has 0 aliphatic carbocycles. The van der Waals surface area contributed by atoms with Gasteiger partial charge in [-0.1, -0.05) is 6.07 Å². The van der Waals surface area contributed by atoms with Gasteiger partial charge in [0.25, 0.3) is 5.78 Å². The molecule has 0 unspecified atom stereocenters. The van der Waals surface area contributed by atoms with Gasteiger partial charge in [-0.15, -0.1) is 13.2 Å². The van der Waals surface area contributed by atoms with Crippen LogP contribution in [0.5, 0.6) is 5.75 Å². The zero-order chi connectivity index (χ0) is 19.1. The largest absolute Gasteiger partial charge is 0.573 e. The molecule has 2 heterocycles. The Hall–Kier alpha value is -2.91. The van der Waals surface area contributed by atoms with Gasteiger partial charge < -0.3 is 10.1 Å². The van der Waals surface area contributed by atoms with Crippen LogP contribution in [0.2, 0.25) is 0 Å². The number of hydrogen-bond donors (Lipinski definition) is 1. The number of ether oxygens (including phenoxy) is 1. The topological polar surface area (TPSA) is 64.3 Å². The second kappa shape index (κ2) is 6.11. The zero-order valence-electron chi connectivity index (χ0n) is 14.1. The molecule has 0 aliphatic rings. The molecule has 0 saturated carbocycles. The fourth-order valence-electron chi connectivity index (χ4n) is 2.51. The molecule has 6 nitrogen and oxygen atoms in total. The van der Waals surface area contributed by atoms with E-state index < -0.39 is 23.5 Å². The van der Waals surface area contributed by atoms with Crippen molar-refractivity contribution in [3.05, 3.63) is 47.7 Å². The van der Waals surface area contributed by atoms with Crippen LogP contribution in [0, 0.1) is 12.7 Å². The smallest absolute Gasteiger partial charge is 0.403 e. The first-order valence-corrected chi connectivity index (χ1v) is 7.56. The number of rotatable bonds is 4. The summed E-state index contributed by atoms with van der Waals surface area (Å²) in [6.07, 6.45) is -3.60. The van der Waals surface area contributed by atoms with Crippen LogP contribution in [-0.2, 0) is 5.54 Å². The molecule has 0 fully saturated rings. The molecule has 2 aromatic heterocycles. The van der Waals surface area contributed by atoms with Crippen molar-refractivity contribution in [3.8, 4) is 5.75 Å². The van der Waals surface area contributed by atoms with Crippen LogP contribution >= 0.6 is 0 Å². The summed E-state index contributed by atoms with van der Waals surface area (Å²) in [6, 6.07) is 5.05. The molecule has 0 saturated heterocycles. The third-order valence-corrected chi connectivity index (χ3v) is 3.70. The van der Waals surface area contributed by atoms with Crippen molar-refractivity contribution in [2.45, 2.75) is 32.7 Å². The van der Waals surface area contributed by atoms with Crippen LogP contribution in [0.15, 0.2) is 30.6 Å². The van der Waals surface area contributed by atoms with Gasteiger partial charge in [0, 0.05) is 11.8 Å². The maximum absolute atomic E-state index is 14.0. The van der Waals surface area contributed by atoms with Gasteiger partial charge >= 0.3 is 6.36 Å². The van der Waals surface area contributed by atoms with Crippen LogP contribution < -0.4 is 10.1 Å². The van der Waals surface area contributed by atoms with Crippen LogP contribution in [0.1, 0.15) is 25.1 Å². The van der Waals surface area contributed by atoms with Crippen molar-refractivity contribution in [3.63, 3.8) is 0 Å². The van der Waals surface area contributed by atoms with Gasteiger partial charge in [0.2, 0.25) is 0 Å². The Morgan fingerprint density at radius 3 is 2.54 bits per heavy atom. The second-order valence-electron chi connectivity index (χ2n) is 6.20. The SMILES string of the molecule is Cc1cc(NC(C)(C)c2ccc(OC(F)(F)F)c(F)c2)n2ncnc2n1. The van der Waals surface area contributed by atoms with E-state index in [-0.39, 0.29) is 0 Å². The minimum Gasteiger partial charge on any atom is -0.403 e. The highest BCUT2D eigenvalue weighted by molar-refractivity contribution is 5.48. The lowest BCUT2D eigenvalue weighted by Crippen LogP contribution is -2.29. The maximum Gasteiger partial charge on any atom is 0.573 e. The minimum absolute atomic E-state index is 0.392. The lowest BCUT2D eigenvalue weighted by Gasteiger charge is -2.28. The second-order valence-corrected chi connectivity index (χ2v) is 6.20. The van der Waals surface area contributed by atoms with Gasteiger partial charge in [-0.05, 0) is 38.5 Å².